The Morgan fingerprint density at radius 1 is 1.50 bits per heavy atom. The van der Waals surface area contributed by atoms with Gasteiger partial charge in [0.05, 0.1) is 5.02 Å². The van der Waals surface area contributed by atoms with Crippen LogP contribution in [-0.2, 0) is 4.79 Å². The van der Waals surface area contributed by atoms with Gasteiger partial charge in [0.25, 0.3) is 5.91 Å². The van der Waals surface area contributed by atoms with Gasteiger partial charge in [-0.05, 0) is 32.3 Å². The normalized spacial score (nSPS) is 24.0. The Kier molecular flexibility index (Phi) is 3.34. The second-order valence-corrected chi connectivity index (χ2v) is 5.16. The Balaban J connectivity index is 2.30. The van der Waals surface area contributed by atoms with E-state index in [0.717, 1.165) is 12.8 Å². The minimum atomic E-state index is -1.13. The second-order valence-electron chi connectivity index (χ2n) is 4.72. The predicted molar refractivity (Wildman–Crippen MR) is 66.7 cm³/mol. The zero-order valence-electron chi connectivity index (χ0n) is 10.1. The van der Waals surface area contributed by atoms with Crippen LogP contribution in [0.25, 0.3) is 0 Å². The lowest BCUT2D eigenvalue weighted by Crippen LogP contribution is -2.57. The van der Waals surface area contributed by atoms with Gasteiger partial charge in [0.1, 0.15) is 11.2 Å². The molecule has 0 aromatic carbocycles. The van der Waals surface area contributed by atoms with Gasteiger partial charge in [-0.3, -0.25) is 4.79 Å². The van der Waals surface area contributed by atoms with E-state index in [2.05, 4.69) is 4.98 Å². The third-order valence-corrected chi connectivity index (χ3v) is 3.69. The molecule has 1 unspecified atom stereocenters. The van der Waals surface area contributed by atoms with E-state index in [1.807, 2.05) is 0 Å². The van der Waals surface area contributed by atoms with Gasteiger partial charge < -0.3 is 15.0 Å². The van der Waals surface area contributed by atoms with Gasteiger partial charge in [0.2, 0.25) is 0 Å². The van der Waals surface area contributed by atoms with Crippen LogP contribution in [0.3, 0.4) is 0 Å². The first-order chi connectivity index (χ1) is 8.45. The molecular weight excluding hydrogens is 256 g/mol. The number of aromatic nitrogens is 1. The standard InChI is InChI=1S/C12H15ClN2O3/c1-12(11(17)18)4-2-3-5-15(12)10(16)9-6-8(13)7-14-9/h6-7,14H,2-5H2,1H3,(H,17,18). The fraction of sp³-hybridized carbons (Fsp3) is 0.500. The van der Waals surface area contributed by atoms with Crippen molar-refractivity contribution in [1.29, 1.82) is 0 Å². The zero-order chi connectivity index (χ0) is 13.3. The fourth-order valence-corrected chi connectivity index (χ4v) is 2.47. The molecule has 1 aromatic rings. The Morgan fingerprint density at radius 3 is 2.78 bits per heavy atom. The van der Waals surface area contributed by atoms with Crippen LogP contribution in [0.5, 0.6) is 0 Å². The summed E-state index contributed by atoms with van der Waals surface area (Å²) in [6.07, 6.45) is 3.63. The molecule has 2 rings (SSSR count). The Labute approximate surface area is 110 Å². The average molecular weight is 271 g/mol. The first-order valence-electron chi connectivity index (χ1n) is 5.84. The number of likely N-dealkylation sites (tertiary alicyclic amines) is 1. The lowest BCUT2D eigenvalue weighted by Gasteiger charge is -2.41. The van der Waals surface area contributed by atoms with E-state index in [1.165, 1.54) is 17.2 Å². The van der Waals surface area contributed by atoms with E-state index < -0.39 is 11.5 Å². The van der Waals surface area contributed by atoms with Gasteiger partial charge in [0.15, 0.2) is 0 Å². The molecule has 1 aromatic heterocycles. The van der Waals surface area contributed by atoms with Crippen LogP contribution in [0.4, 0.5) is 0 Å². The van der Waals surface area contributed by atoms with Crippen molar-refractivity contribution >= 4 is 23.5 Å². The van der Waals surface area contributed by atoms with Crippen molar-refractivity contribution in [2.24, 2.45) is 0 Å². The largest absolute Gasteiger partial charge is 0.480 e. The van der Waals surface area contributed by atoms with Gasteiger partial charge in [-0.1, -0.05) is 11.6 Å². The topological polar surface area (TPSA) is 73.4 Å². The van der Waals surface area contributed by atoms with E-state index in [4.69, 9.17) is 11.6 Å². The second kappa shape index (κ2) is 4.65. The van der Waals surface area contributed by atoms with Gasteiger partial charge in [-0.25, -0.2) is 4.79 Å². The monoisotopic (exact) mass is 270 g/mol. The summed E-state index contributed by atoms with van der Waals surface area (Å²) in [7, 11) is 0. The number of rotatable bonds is 2. The molecule has 1 aliphatic heterocycles. The van der Waals surface area contributed by atoms with Crippen molar-refractivity contribution < 1.29 is 14.7 Å². The third kappa shape index (κ3) is 2.10. The molecule has 0 aliphatic carbocycles. The molecule has 0 bridgehead atoms. The van der Waals surface area contributed by atoms with Crippen LogP contribution < -0.4 is 0 Å². The van der Waals surface area contributed by atoms with Crippen molar-refractivity contribution in [3.63, 3.8) is 0 Å². The molecule has 2 heterocycles. The maximum Gasteiger partial charge on any atom is 0.329 e. The fourth-order valence-electron chi connectivity index (χ4n) is 2.31. The van der Waals surface area contributed by atoms with Crippen LogP contribution in [0.2, 0.25) is 5.02 Å². The molecule has 5 nitrogen and oxygen atoms in total. The number of aliphatic carboxylic acids is 1. The average Bonchev–Trinajstić information content (AvgIpc) is 2.75. The van der Waals surface area contributed by atoms with Crippen molar-refractivity contribution in [2.75, 3.05) is 6.54 Å². The third-order valence-electron chi connectivity index (χ3n) is 3.48. The Hall–Kier alpha value is -1.49. The van der Waals surface area contributed by atoms with Crippen LogP contribution in [0.15, 0.2) is 12.3 Å². The number of amides is 1. The first-order valence-corrected chi connectivity index (χ1v) is 6.22. The molecule has 1 saturated heterocycles. The van der Waals surface area contributed by atoms with E-state index in [1.54, 1.807) is 6.92 Å². The number of piperidine rings is 1. The molecule has 1 atom stereocenters. The SMILES string of the molecule is CC1(C(=O)O)CCCCN1C(=O)c1cc(Cl)c[nH]1. The van der Waals surface area contributed by atoms with Gasteiger partial charge in [-0.15, -0.1) is 0 Å². The molecule has 18 heavy (non-hydrogen) atoms. The van der Waals surface area contributed by atoms with Crippen LogP contribution in [0.1, 0.15) is 36.7 Å². The van der Waals surface area contributed by atoms with E-state index >= 15 is 0 Å². The number of aromatic amines is 1. The number of carbonyl (C=O) groups is 2. The Bertz CT molecular complexity index is 485. The number of H-pyrrole nitrogens is 1. The number of hydrogen-bond acceptors (Lipinski definition) is 2. The molecular formula is C12H15ClN2O3. The molecule has 0 spiro atoms. The van der Waals surface area contributed by atoms with Gasteiger partial charge >= 0.3 is 5.97 Å². The molecule has 2 N–H and O–H groups in total. The predicted octanol–water partition coefficient (Wildman–Crippen LogP) is 2.14. The van der Waals surface area contributed by atoms with Gasteiger partial charge in [-0.2, -0.15) is 0 Å². The number of carbonyl (C=O) groups excluding carboxylic acids is 1. The van der Waals surface area contributed by atoms with Gasteiger partial charge in [0, 0.05) is 12.7 Å². The summed E-state index contributed by atoms with van der Waals surface area (Å²) >= 11 is 5.76. The molecule has 1 amide bonds. The first kappa shape index (κ1) is 13.0. The molecule has 98 valence electrons. The molecule has 1 fully saturated rings. The van der Waals surface area contributed by atoms with E-state index in [9.17, 15) is 14.7 Å². The summed E-state index contributed by atoms with van der Waals surface area (Å²) in [5.74, 6) is -1.28. The quantitative estimate of drug-likeness (QED) is 0.865. The summed E-state index contributed by atoms with van der Waals surface area (Å²) in [4.78, 5) is 27.9. The molecule has 6 heteroatoms. The summed E-state index contributed by atoms with van der Waals surface area (Å²) in [5.41, 5.74) is -0.804. The van der Waals surface area contributed by atoms with Crippen molar-refractivity contribution in [2.45, 2.75) is 31.7 Å². The van der Waals surface area contributed by atoms with Crippen molar-refractivity contribution in [3.05, 3.63) is 23.0 Å². The number of hydrogen-bond donors (Lipinski definition) is 2. The summed E-state index contributed by atoms with van der Waals surface area (Å²) in [6, 6.07) is 1.51. The molecule has 1 aliphatic rings. The highest BCUT2D eigenvalue weighted by molar-refractivity contribution is 6.31. The Morgan fingerprint density at radius 2 is 2.22 bits per heavy atom. The number of halogens is 1. The number of carboxylic acid groups (broad SMARTS) is 1. The smallest absolute Gasteiger partial charge is 0.329 e. The lowest BCUT2D eigenvalue weighted by molar-refractivity contribution is -0.150. The molecule has 0 saturated carbocycles. The lowest BCUT2D eigenvalue weighted by atomic mass is 9.88. The van der Waals surface area contributed by atoms with Crippen LogP contribution in [-0.4, -0.2) is 39.0 Å². The number of carboxylic acids is 1. The summed E-state index contributed by atoms with van der Waals surface area (Å²) in [6.45, 7) is 2.05. The maximum atomic E-state index is 12.3. The highest BCUT2D eigenvalue weighted by atomic mass is 35.5. The summed E-state index contributed by atoms with van der Waals surface area (Å²) in [5, 5.41) is 9.78. The van der Waals surface area contributed by atoms with Crippen LogP contribution in [0, 0.1) is 0 Å². The van der Waals surface area contributed by atoms with Crippen molar-refractivity contribution in [1.82, 2.24) is 9.88 Å². The highest BCUT2D eigenvalue weighted by Gasteiger charge is 2.44. The number of nitrogens with one attached hydrogen (secondary N) is 1. The minimum Gasteiger partial charge on any atom is -0.480 e. The summed E-state index contributed by atoms with van der Waals surface area (Å²) < 4.78 is 0. The maximum absolute atomic E-state index is 12.3. The van der Waals surface area contributed by atoms with Crippen molar-refractivity contribution in [3.8, 4) is 0 Å². The van der Waals surface area contributed by atoms with Crippen LogP contribution >= 0.6 is 11.6 Å². The minimum absolute atomic E-state index is 0.313. The highest BCUT2D eigenvalue weighted by Crippen LogP contribution is 2.29. The van der Waals surface area contributed by atoms with E-state index in [0.29, 0.717) is 23.7 Å². The number of nitrogens with zero attached hydrogens (tertiary/aromatic N) is 1. The van der Waals surface area contributed by atoms with E-state index in [-0.39, 0.29) is 5.91 Å². The molecule has 0 radical (unpaired) electrons. The zero-order valence-corrected chi connectivity index (χ0v) is 10.8.